The van der Waals surface area contributed by atoms with E-state index in [-0.39, 0.29) is 10.8 Å². The second-order valence-electron chi connectivity index (χ2n) is 5.19. The molecular weight excluding hydrogens is 152 g/mol. The molecule has 68 valence electrons. The molecule has 2 saturated carbocycles. The lowest BCUT2D eigenvalue weighted by Gasteiger charge is -2.32. The molecule has 2 aliphatic carbocycles. The molecule has 1 N–H and O–H groups in total. The second-order valence-corrected chi connectivity index (χ2v) is 5.19. The number of hydrogen-bond donors (Lipinski definition) is 1. The van der Waals surface area contributed by atoms with E-state index in [1.807, 2.05) is 0 Å². The Balaban J connectivity index is 2.29. The van der Waals surface area contributed by atoms with Crippen molar-refractivity contribution in [2.45, 2.75) is 39.5 Å². The van der Waals surface area contributed by atoms with Crippen LogP contribution in [0.1, 0.15) is 39.5 Å². The SMILES string of the molecule is CC1(C)CC2(C(=O)O)CCC1C2. The van der Waals surface area contributed by atoms with Crippen LogP contribution in [0.15, 0.2) is 0 Å². The molecule has 2 heteroatoms. The quantitative estimate of drug-likeness (QED) is 0.652. The monoisotopic (exact) mass is 168 g/mol. The zero-order valence-corrected chi connectivity index (χ0v) is 7.76. The van der Waals surface area contributed by atoms with Crippen LogP contribution in [-0.4, -0.2) is 11.1 Å². The number of carbonyl (C=O) groups is 1. The lowest BCUT2D eigenvalue weighted by molar-refractivity contribution is -0.149. The Morgan fingerprint density at radius 2 is 2.17 bits per heavy atom. The van der Waals surface area contributed by atoms with Gasteiger partial charge in [0.15, 0.2) is 0 Å². The first-order chi connectivity index (χ1) is 5.46. The number of carboxylic acid groups (broad SMARTS) is 1. The van der Waals surface area contributed by atoms with Crippen molar-refractivity contribution in [3.63, 3.8) is 0 Å². The zero-order chi connectivity index (χ0) is 8.98. The van der Waals surface area contributed by atoms with Crippen molar-refractivity contribution >= 4 is 5.97 Å². The van der Waals surface area contributed by atoms with Gasteiger partial charge in [-0.15, -0.1) is 0 Å². The van der Waals surface area contributed by atoms with Crippen LogP contribution in [0.5, 0.6) is 0 Å². The molecule has 2 unspecified atom stereocenters. The Hall–Kier alpha value is -0.530. The fraction of sp³-hybridized carbons (Fsp3) is 0.900. The maximum absolute atomic E-state index is 11.1. The van der Waals surface area contributed by atoms with Crippen molar-refractivity contribution in [1.82, 2.24) is 0 Å². The minimum atomic E-state index is -0.560. The molecule has 0 aromatic heterocycles. The third kappa shape index (κ3) is 0.838. The largest absolute Gasteiger partial charge is 0.481 e. The number of fused-ring (bicyclic) bond motifs is 2. The Bertz CT molecular complexity index is 232. The Kier molecular flexibility index (Phi) is 1.37. The first kappa shape index (κ1) is 8.09. The average molecular weight is 168 g/mol. The highest BCUT2D eigenvalue weighted by atomic mass is 16.4. The summed E-state index contributed by atoms with van der Waals surface area (Å²) < 4.78 is 0. The molecule has 0 aromatic rings. The summed E-state index contributed by atoms with van der Waals surface area (Å²) in [5.41, 5.74) is -0.0647. The van der Waals surface area contributed by atoms with Gasteiger partial charge in [0.2, 0.25) is 0 Å². The van der Waals surface area contributed by atoms with Gasteiger partial charge in [-0.2, -0.15) is 0 Å². The first-order valence-corrected chi connectivity index (χ1v) is 4.70. The van der Waals surface area contributed by atoms with Gasteiger partial charge in [0, 0.05) is 0 Å². The standard InChI is InChI=1S/C10H16O2/c1-9(2)6-10(8(11)12)4-3-7(9)5-10/h7H,3-6H2,1-2H3,(H,11,12). The van der Waals surface area contributed by atoms with Crippen LogP contribution in [0, 0.1) is 16.7 Å². The lowest BCUT2D eigenvalue weighted by atomic mass is 9.72. The summed E-state index contributed by atoms with van der Waals surface area (Å²) in [5, 5.41) is 9.12. The fourth-order valence-electron chi connectivity index (χ4n) is 3.24. The summed E-state index contributed by atoms with van der Waals surface area (Å²) in [6, 6.07) is 0. The van der Waals surface area contributed by atoms with E-state index >= 15 is 0 Å². The normalized spacial score (nSPS) is 43.3. The summed E-state index contributed by atoms with van der Waals surface area (Å²) in [6.45, 7) is 4.42. The maximum atomic E-state index is 11.1. The molecule has 2 fully saturated rings. The summed E-state index contributed by atoms with van der Waals surface area (Å²) in [4.78, 5) is 11.1. The Morgan fingerprint density at radius 3 is 2.42 bits per heavy atom. The van der Waals surface area contributed by atoms with Crippen molar-refractivity contribution in [2.24, 2.45) is 16.7 Å². The van der Waals surface area contributed by atoms with E-state index in [0.29, 0.717) is 5.92 Å². The third-order valence-electron chi connectivity index (χ3n) is 3.96. The summed E-state index contributed by atoms with van der Waals surface area (Å²) in [7, 11) is 0. The molecule has 2 aliphatic rings. The number of aliphatic carboxylic acids is 1. The van der Waals surface area contributed by atoms with E-state index in [1.54, 1.807) is 0 Å². The van der Waals surface area contributed by atoms with Gasteiger partial charge in [-0.1, -0.05) is 13.8 Å². The average Bonchev–Trinajstić information content (AvgIpc) is 2.41. The second kappa shape index (κ2) is 2.04. The molecule has 0 amide bonds. The highest BCUT2D eigenvalue weighted by Gasteiger charge is 2.58. The Labute approximate surface area is 73.0 Å². The molecule has 0 radical (unpaired) electrons. The summed E-state index contributed by atoms with van der Waals surface area (Å²) >= 11 is 0. The maximum Gasteiger partial charge on any atom is 0.309 e. The third-order valence-corrected chi connectivity index (χ3v) is 3.96. The van der Waals surface area contributed by atoms with Gasteiger partial charge in [0.05, 0.1) is 5.41 Å². The number of hydrogen-bond acceptors (Lipinski definition) is 1. The van der Waals surface area contributed by atoms with Gasteiger partial charge < -0.3 is 5.11 Å². The summed E-state index contributed by atoms with van der Waals surface area (Å²) in [6.07, 6.45) is 3.85. The molecule has 2 rings (SSSR count). The number of carboxylic acids is 1. The smallest absolute Gasteiger partial charge is 0.309 e. The topological polar surface area (TPSA) is 37.3 Å². The van der Waals surface area contributed by atoms with Crippen LogP contribution in [0.25, 0.3) is 0 Å². The number of rotatable bonds is 1. The Morgan fingerprint density at radius 1 is 1.50 bits per heavy atom. The lowest BCUT2D eigenvalue weighted by Crippen LogP contribution is -2.30. The van der Waals surface area contributed by atoms with Gasteiger partial charge >= 0.3 is 5.97 Å². The zero-order valence-electron chi connectivity index (χ0n) is 7.76. The summed E-state index contributed by atoms with van der Waals surface area (Å²) in [5.74, 6) is 0.101. The predicted octanol–water partition coefficient (Wildman–Crippen LogP) is 2.29. The van der Waals surface area contributed by atoms with E-state index in [9.17, 15) is 4.79 Å². The van der Waals surface area contributed by atoms with Gasteiger partial charge in [-0.3, -0.25) is 4.79 Å². The van der Waals surface area contributed by atoms with E-state index in [4.69, 9.17) is 5.11 Å². The van der Waals surface area contributed by atoms with E-state index in [1.165, 1.54) is 0 Å². The molecule has 0 aliphatic heterocycles. The van der Waals surface area contributed by atoms with Crippen molar-refractivity contribution in [1.29, 1.82) is 0 Å². The van der Waals surface area contributed by atoms with Gasteiger partial charge in [0.1, 0.15) is 0 Å². The van der Waals surface area contributed by atoms with Crippen molar-refractivity contribution in [3.8, 4) is 0 Å². The van der Waals surface area contributed by atoms with Crippen LogP contribution in [0.3, 0.4) is 0 Å². The van der Waals surface area contributed by atoms with Crippen LogP contribution in [-0.2, 0) is 4.79 Å². The molecular formula is C10H16O2. The van der Waals surface area contributed by atoms with Gasteiger partial charge in [-0.25, -0.2) is 0 Å². The van der Waals surface area contributed by atoms with E-state index < -0.39 is 5.97 Å². The van der Waals surface area contributed by atoms with Crippen LogP contribution in [0.4, 0.5) is 0 Å². The van der Waals surface area contributed by atoms with Gasteiger partial charge in [-0.05, 0) is 37.0 Å². The van der Waals surface area contributed by atoms with Crippen LogP contribution < -0.4 is 0 Å². The van der Waals surface area contributed by atoms with Crippen molar-refractivity contribution in [3.05, 3.63) is 0 Å². The predicted molar refractivity (Wildman–Crippen MR) is 45.8 cm³/mol. The molecule has 0 spiro atoms. The molecule has 2 atom stereocenters. The molecule has 0 heterocycles. The molecule has 12 heavy (non-hydrogen) atoms. The van der Waals surface area contributed by atoms with E-state index in [2.05, 4.69) is 13.8 Å². The molecule has 0 saturated heterocycles. The fourth-order valence-corrected chi connectivity index (χ4v) is 3.24. The van der Waals surface area contributed by atoms with Crippen molar-refractivity contribution < 1.29 is 9.90 Å². The van der Waals surface area contributed by atoms with Crippen molar-refractivity contribution in [2.75, 3.05) is 0 Å². The molecule has 0 aromatic carbocycles. The highest BCUT2D eigenvalue weighted by molar-refractivity contribution is 5.75. The van der Waals surface area contributed by atoms with Gasteiger partial charge in [0.25, 0.3) is 0 Å². The minimum absolute atomic E-state index is 0.274. The first-order valence-electron chi connectivity index (χ1n) is 4.70. The highest BCUT2D eigenvalue weighted by Crippen LogP contribution is 2.62. The van der Waals surface area contributed by atoms with Crippen LogP contribution >= 0.6 is 0 Å². The molecule has 2 bridgehead atoms. The minimum Gasteiger partial charge on any atom is -0.481 e. The van der Waals surface area contributed by atoms with Crippen LogP contribution in [0.2, 0.25) is 0 Å². The molecule has 2 nitrogen and oxygen atoms in total. The van der Waals surface area contributed by atoms with E-state index in [0.717, 1.165) is 25.7 Å².